The maximum absolute atomic E-state index is 14.5. The molecule has 0 saturated heterocycles. The largest absolute Gasteiger partial charge is 0.338 e. The highest BCUT2D eigenvalue weighted by Gasteiger charge is 2.16. The number of sulfonamides is 1. The molecule has 0 amide bonds. The Kier molecular flexibility index (Phi) is 5.35. The summed E-state index contributed by atoms with van der Waals surface area (Å²) in [5.74, 6) is -0.462. The number of aromatic nitrogens is 7. The molecule has 0 spiro atoms. The first-order valence-corrected chi connectivity index (χ1v) is 13.2. The molecular weight excluding hydrogens is 495 g/mol. The van der Waals surface area contributed by atoms with E-state index < -0.39 is 15.8 Å². The minimum atomic E-state index is -3.41. The standard InChI is InChI=1S/C25H21FN8O2S/c1-34-13-17(12-29-34)16-8-21-23(32-33-25(21)28-11-16)22-9-20-19(3-4-27-24(20)31-22)15-5-14(6-18(26)7-15)10-30-37(2,35)36/h3-9,11-13,30H,10H2,1-2H3,(H,27,31)(H,28,32,33). The Morgan fingerprint density at radius 2 is 1.86 bits per heavy atom. The third-order valence-electron chi connectivity index (χ3n) is 6.05. The van der Waals surface area contributed by atoms with Crippen LogP contribution < -0.4 is 4.72 Å². The van der Waals surface area contributed by atoms with Crippen LogP contribution in [0.5, 0.6) is 0 Å². The van der Waals surface area contributed by atoms with Gasteiger partial charge in [-0.2, -0.15) is 10.2 Å². The van der Waals surface area contributed by atoms with Crippen LogP contribution in [0, 0.1) is 5.82 Å². The van der Waals surface area contributed by atoms with Gasteiger partial charge in [-0.15, -0.1) is 0 Å². The van der Waals surface area contributed by atoms with E-state index in [0.717, 1.165) is 39.4 Å². The van der Waals surface area contributed by atoms with Crippen LogP contribution in [0.25, 0.3) is 55.7 Å². The molecule has 1 aromatic carbocycles. The third kappa shape index (κ3) is 4.47. The monoisotopic (exact) mass is 516 g/mol. The van der Waals surface area contributed by atoms with E-state index in [1.807, 2.05) is 25.4 Å². The molecule has 0 fully saturated rings. The number of hydrogen-bond acceptors (Lipinski definition) is 6. The molecule has 0 bridgehead atoms. The van der Waals surface area contributed by atoms with Gasteiger partial charge in [0.2, 0.25) is 10.0 Å². The summed E-state index contributed by atoms with van der Waals surface area (Å²) < 4.78 is 41.6. The highest BCUT2D eigenvalue weighted by molar-refractivity contribution is 7.88. The number of benzene rings is 1. The van der Waals surface area contributed by atoms with Gasteiger partial charge in [-0.05, 0) is 53.1 Å². The molecule has 0 unspecified atom stereocenters. The van der Waals surface area contributed by atoms with Crippen molar-refractivity contribution >= 4 is 32.1 Å². The Hall–Kier alpha value is -4.42. The zero-order valence-electron chi connectivity index (χ0n) is 19.8. The zero-order chi connectivity index (χ0) is 25.7. The van der Waals surface area contributed by atoms with Gasteiger partial charge in [-0.1, -0.05) is 0 Å². The number of hydrogen-bond donors (Lipinski definition) is 3. The molecule has 3 N–H and O–H groups in total. The van der Waals surface area contributed by atoms with Crippen molar-refractivity contribution in [3.05, 3.63) is 72.6 Å². The van der Waals surface area contributed by atoms with Crippen molar-refractivity contribution in [2.24, 2.45) is 7.05 Å². The predicted octanol–water partition coefficient (Wildman–Crippen LogP) is 3.76. The summed E-state index contributed by atoms with van der Waals surface area (Å²) in [5, 5.41) is 13.3. The van der Waals surface area contributed by atoms with Crippen molar-refractivity contribution in [2.45, 2.75) is 6.54 Å². The Morgan fingerprint density at radius 3 is 2.65 bits per heavy atom. The lowest BCUT2D eigenvalue weighted by Crippen LogP contribution is -2.21. The highest BCUT2D eigenvalue weighted by atomic mass is 32.2. The number of aromatic amines is 2. The minimum Gasteiger partial charge on any atom is -0.338 e. The number of halogens is 1. The zero-order valence-corrected chi connectivity index (χ0v) is 20.6. The van der Waals surface area contributed by atoms with Crippen LogP contribution >= 0.6 is 0 Å². The van der Waals surface area contributed by atoms with Gasteiger partial charge >= 0.3 is 0 Å². The summed E-state index contributed by atoms with van der Waals surface area (Å²) in [6, 6.07) is 10.2. The summed E-state index contributed by atoms with van der Waals surface area (Å²) in [4.78, 5) is 12.3. The van der Waals surface area contributed by atoms with E-state index in [4.69, 9.17) is 0 Å². The van der Waals surface area contributed by atoms with E-state index in [1.54, 1.807) is 35.4 Å². The smallest absolute Gasteiger partial charge is 0.209 e. The maximum atomic E-state index is 14.5. The summed E-state index contributed by atoms with van der Waals surface area (Å²) in [6.45, 7) is -0.0122. The average molecular weight is 517 g/mol. The second-order valence-electron chi connectivity index (χ2n) is 8.84. The quantitative estimate of drug-likeness (QED) is 0.309. The van der Waals surface area contributed by atoms with E-state index in [1.165, 1.54) is 12.1 Å². The van der Waals surface area contributed by atoms with Crippen molar-refractivity contribution in [1.82, 2.24) is 39.7 Å². The van der Waals surface area contributed by atoms with Crippen LogP contribution in [0.1, 0.15) is 5.56 Å². The minimum absolute atomic E-state index is 0.0122. The molecule has 5 aromatic heterocycles. The van der Waals surface area contributed by atoms with Crippen molar-refractivity contribution in [2.75, 3.05) is 6.26 Å². The van der Waals surface area contributed by atoms with E-state index in [-0.39, 0.29) is 6.54 Å². The lowest BCUT2D eigenvalue weighted by Gasteiger charge is -2.08. The fourth-order valence-corrected chi connectivity index (χ4v) is 4.79. The van der Waals surface area contributed by atoms with E-state index in [2.05, 4.69) is 35.0 Å². The first kappa shape index (κ1) is 23.0. The highest BCUT2D eigenvalue weighted by Crippen LogP contribution is 2.34. The van der Waals surface area contributed by atoms with Crippen LogP contribution in [0.3, 0.4) is 0 Å². The summed E-state index contributed by atoms with van der Waals surface area (Å²) in [6.07, 6.45) is 8.17. The summed E-state index contributed by atoms with van der Waals surface area (Å²) in [7, 11) is -1.56. The molecule has 0 aliphatic rings. The van der Waals surface area contributed by atoms with Gasteiger partial charge in [-0.25, -0.2) is 27.5 Å². The van der Waals surface area contributed by atoms with Gasteiger partial charge in [0.15, 0.2) is 5.65 Å². The number of nitrogens with zero attached hydrogens (tertiary/aromatic N) is 5. The van der Waals surface area contributed by atoms with E-state index >= 15 is 0 Å². The van der Waals surface area contributed by atoms with Crippen LogP contribution in [-0.2, 0) is 23.6 Å². The fraction of sp³-hybridized carbons (Fsp3) is 0.120. The topological polar surface area (TPSA) is 134 Å². The molecule has 0 radical (unpaired) electrons. The SMILES string of the molecule is Cn1cc(-c2cnc3[nH]nc(-c4cc5c(-c6cc(F)cc(CNS(C)(=O)=O)c6)ccnc5[nH]4)c3c2)cn1. The molecule has 0 saturated carbocycles. The first-order valence-electron chi connectivity index (χ1n) is 11.3. The van der Waals surface area contributed by atoms with Gasteiger partial charge in [0, 0.05) is 54.1 Å². The molecule has 37 heavy (non-hydrogen) atoms. The van der Waals surface area contributed by atoms with Crippen molar-refractivity contribution < 1.29 is 12.8 Å². The third-order valence-corrected chi connectivity index (χ3v) is 6.72. The number of nitrogens with one attached hydrogen (secondary N) is 3. The van der Waals surface area contributed by atoms with Gasteiger partial charge in [-0.3, -0.25) is 9.78 Å². The molecule has 6 aromatic rings. The first-order chi connectivity index (χ1) is 17.7. The molecular formula is C25H21FN8O2S. The Balaban J connectivity index is 1.43. The predicted molar refractivity (Wildman–Crippen MR) is 138 cm³/mol. The second-order valence-corrected chi connectivity index (χ2v) is 10.7. The number of pyridine rings is 2. The van der Waals surface area contributed by atoms with Gasteiger partial charge in [0.1, 0.15) is 17.2 Å². The van der Waals surface area contributed by atoms with E-state index in [0.29, 0.717) is 28.1 Å². The molecule has 10 nitrogen and oxygen atoms in total. The summed E-state index contributed by atoms with van der Waals surface area (Å²) >= 11 is 0. The van der Waals surface area contributed by atoms with E-state index in [9.17, 15) is 12.8 Å². The molecule has 186 valence electrons. The number of fused-ring (bicyclic) bond motifs is 2. The Labute approximate surface area is 210 Å². The Morgan fingerprint density at radius 1 is 1.00 bits per heavy atom. The van der Waals surface area contributed by atoms with Gasteiger partial charge in [0.05, 0.1) is 18.1 Å². The normalized spacial score (nSPS) is 12.1. The lowest BCUT2D eigenvalue weighted by molar-refractivity contribution is 0.586. The van der Waals surface area contributed by atoms with Crippen LogP contribution in [0.2, 0.25) is 0 Å². The van der Waals surface area contributed by atoms with Crippen molar-refractivity contribution in [3.63, 3.8) is 0 Å². The molecule has 12 heteroatoms. The van der Waals surface area contributed by atoms with Gasteiger partial charge in [0.25, 0.3) is 0 Å². The number of H-pyrrole nitrogens is 2. The molecule has 0 aliphatic heterocycles. The summed E-state index contributed by atoms with van der Waals surface area (Å²) in [5.41, 5.74) is 6.37. The van der Waals surface area contributed by atoms with Gasteiger partial charge < -0.3 is 4.98 Å². The lowest BCUT2D eigenvalue weighted by atomic mass is 10.0. The van der Waals surface area contributed by atoms with Crippen LogP contribution in [0.15, 0.2) is 61.2 Å². The van der Waals surface area contributed by atoms with Crippen molar-refractivity contribution in [1.29, 1.82) is 0 Å². The molecule has 0 aliphatic carbocycles. The van der Waals surface area contributed by atoms with Crippen LogP contribution in [0.4, 0.5) is 4.39 Å². The average Bonchev–Trinajstić information content (AvgIpc) is 3.58. The molecule has 0 atom stereocenters. The molecule has 5 heterocycles. The van der Waals surface area contributed by atoms with Crippen LogP contribution in [-0.4, -0.2) is 49.6 Å². The maximum Gasteiger partial charge on any atom is 0.209 e. The fourth-order valence-electron chi connectivity index (χ4n) is 4.37. The number of rotatable bonds is 6. The van der Waals surface area contributed by atoms with Crippen molar-refractivity contribution in [3.8, 4) is 33.6 Å². The second kappa shape index (κ2) is 8.61. The molecule has 6 rings (SSSR count). The Bertz CT molecular complexity index is 1900. The number of aryl methyl sites for hydroxylation is 1.